The first-order chi connectivity index (χ1) is 10.1. The first-order valence-corrected chi connectivity index (χ1v) is 7.16. The van der Waals surface area contributed by atoms with Crippen LogP contribution in [0.5, 0.6) is 11.5 Å². The summed E-state index contributed by atoms with van der Waals surface area (Å²) in [6.45, 7) is 6.06. The van der Waals surface area contributed by atoms with Crippen molar-refractivity contribution in [2.24, 2.45) is 0 Å². The number of benzene rings is 1. The van der Waals surface area contributed by atoms with Gasteiger partial charge in [-0.25, -0.2) is 9.97 Å². The molecule has 21 heavy (non-hydrogen) atoms. The molecule has 1 aromatic heterocycles. The molecule has 0 aliphatic rings. The van der Waals surface area contributed by atoms with Crippen molar-refractivity contribution in [3.05, 3.63) is 35.3 Å². The SMILES string of the molecule is CCCc1cnc(C)nc1-c1c(OC)cc(C)cc1OC. The summed E-state index contributed by atoms with van der Waals surface area (Å²) in [6, 6.07) is 4.01. The fourth-order valence-corrected chi connectivity index (χ4v) is 2.44. The fourth-order valence-electron chi connectivity index (χ4n) is 2.44. The topological polar surface area (TPSA) is 44.2 Å². The lowest BCUT2D eigenvalue weighted by Crippen LogP contribution is -2.02. The molecule has 1 aromatic carbocycles. The molecule has 4 nitrogen and oxygen atoms in total. The van der Waals surface area contributed by atoms with Crippen molar-refractivity contribution in [3.8, 4) is 22.8 Å². The van der Waals surface area contributed by atoms with Crippen LogP contribution in [0.15, 0.2) is 18.3 Å². The molecular weight excluding hydrogens is 264 g/mol. The number of rotatable bonds is 5. The van der Waals surface area contributed by atoms with Crippen molar-refractivity contribution in [2.75, 3.05) is 14.2 Å². The molecule has 0 unspecified atom stereocenters. The maximum Gasteiger partial charge on any atom is 0.132 e. The molecule has 0 aliphatic heterocycles. The molecule has 0 radical (unpaired) electrons. The number of ether oxygens (including phenoxy) is 2. The van der Waals surface area contributed by atoms with E-state index < -0.39 is 0 Å². The lowest BCUT2D eigenvalue weighted by atomic mass is 10.0. The Morgan fingerprint density at radius 3 is 2.19 bits per heavy atom. The Labute approximate surface area is 126 Å². The monoisotopic (exact) mass is 286 g/mol. The van der Waals surface area contributed by atoms with Gasteiger partial charge in [-0.3, -0.25) is 0 Å². The van der Waals surface area contributed by atoms with Crippen LogP contribution in [0.2, 0.25) is 0 Å². The Morgan fingerprint density at radius 1 is 1.05 bits per heavy atom. The molecule has 0 fully saturated rings. The Morgan fingerprint density at radius 2 is 1.67 bits per heavy atom. The van der Waals surface area contributed by atoms with E-state index in [1.807, 2.05) is 32.2 Å². The summed E-state index contributed by atoms with van der Waals surface area (Å²) < 4.78 is 11.1. The van der Waals surface area contributed by atoms with Crippen LogP contribution >= 0.6 is 0 Å². The maximum atomic E-state index is 5.56. The van der Waals surface area contributed by atoms with Gasteiger partial charge in [-0.1, -0.05) is 13.3 Å². The smallest absolute Gasteiger partial charge is 0.132 e. The van der Waals surface area contributed by atoms with Crippen molar-refractivity contribution >= 4 is 0 Å². The van der Waals surface area contributed by atoms with Crippen LogP contribution in [0.1, 0.15) is 30.3 Å². The molecule has 4 heteroatoms. The Bertz CT molecular complexity index is 614. The van der Waals surface area contributed by atoms with E-state index in [9.17, 15) is 0 Å². The standard InChI is InChI=1S/C17H22N2O2/c1-6-7-13-10-18-12(3)19-17(13)16-14(20-4)8-11(2)9-15(16)21-5/h8-10H,6-7H2,1-5H3. The number of hydrogen-bond acceptors (Lipinski definition) is 4. The Kier molecular flexibility index (Phi) is 4.78. The van der Waals surface area contributed by atoms with E-state index in [4.69, 9.17) is 9.47 Å². The van der Waals surface area contributed by atoms with Crippen molar-refractivity contribution in [1.82, 2.24) is 9.97 Å². The van der Waals surface area contributed by atoms with Crippen molar-refractivity contribution in [1.29, 1.82) is 0 Å². The van der Waals surface area contributed by atoms with Crippen LogP contribution < -0.4 is 9.47 Å². The number of methoxy groups -OCH3 is 2. The summed E-state index contributed by atoms with van der Waals surface area (Å²) in [4.78, 5) is 8.96. The highest BCUT2D eigenvalue weighted by molar-refractivity contribution is 5.77. The molecule has 0 saturated heterocycles. The van der Waals surface area contributed by atoms with Gasteiger partial charge in [-0.15, -0.1) is 0 Å². The summed E-state index contributed by atoms with van der Waals surface area (Å²) in [5, 5.41) is 0. The van der Waals surface area contributed by atoms with Crippen LogP contribution in [0, 0.1) is 13.8 Å². The number of aromatic nitrogens is 2. The lowest BCUT2D eigenvalue weighted by molar-refractivity contribution is 0.396. The Balaban J connectivity index is 2.73. The molecule has 0 N–H and O–H groups in total. The van der Waals surface area contributed by atoms with Gasteiger partial charge in [0.05, 0.1) is 25.5 Å². The van der Waals surface area contributed by atoms with Gasteiger partial charge in [0, 0.05) is 6.20 Å². The van der Waals surface area contributed by atoms with E-state index in [0.29, 0.717) is 0 Å². The minimum absolute atomic E-state index is 0.745. The molecule has 1 heterocycles. The molecule has 0 bridgehead atoms. The van der Waals surface area contributed by atoms with Crippen molar-refractivity contribution in [2.45, 2.75) is 33.6 Å². The molecule has 0 aliphatic carbocycles. The van der Waals surface area contributed by atoms with Crippen LogP contribution in [-0.2, 0) is 6.42 Å². The van der Waals surface area contributed by atoms with Gasteiger partial charge in [0.15, 0.2) is 0 Å². The highest BCUT2D eigenvalue weighted by atomic mass is 16.5. The van der Waals surface area contributed by atoms with Crippen LogP contribution in [-0.4, -0.2) is 24.2 Å². The molecule has 0 amide bonds. The molecular formula is C17H22N2O2. The normalized spacial score (nSPS) is 10.5. The van der Waals surface area contributed by atoms with Gasteiger partial charge >= 0.3 is 0 Å². The maximum absolute atomic E-state index is 5.56. The second-order valence-corrected chi connectivity index (χ2v) is 5.09. The summed E-state index contributed by atoms with van der Waals surface area (Å²) in [7, 11) is 3.34. The predicted octanol–water partition coefficient (Wildman–Crippen LogP) is 3.73. The van der Waals surface area contributed by atoms with Crippen LogP contribution in [0.25, 0.3) is 11.3 Å². The summed E-state index contributed by atoms with van der Waals surface area (Å²) in [5.74, 6) is 2.30. The van der Waals surface area contributed by atoms with Gasteiger partial charge in [0.25, 0.3) is 0 Å². The number of hydrogen-bond donors (Lipinski definition) is 0. The second kappa shape index (κ2) is 6.57. The van der Waals surface area contributed by atoms with E-state index in [1.165, 1.54) is 0 Å². The summed E-state index contributed by atoms with van der Waals surface area (Å²) in [6.07, 6.45) is 3.87. The van der Waals surface area contributed by atoms with E-state index >= 15 is 0 Å². The minimum Gasteiger partial charge on any atom is -0.496 e. The molecule has 0 spiro atoms. The predicted molar refractivity (Wildman–Crippen MR) is 84.0 cm³/mol. The Hall–Kier alpha value is -2.10. The quantitative estimate of drug-likeness (QED) is 0.840. The number of aryl methyl sites for hydroxylation is 3. The number of nitrogens with zero attached hydrogens (tertiary/aromatic N) is 2. The second-order valence-electron chi connectivity index (χ2n) is 5.09. The molecule has 0 saturated carbocycles. The van der Waals surface area contributed by atoms with E-state index in [0.717, 1.165) is 52.5 Å². The van der Waals surface area contributed by atoms with E-state index in [2.05, 4.69) is 16.9 Å². The summed E-state index contributed by atoms with van der Waals surface area (Å²) >= 11 is 0. The lowest BCUT2D eigenvalue weighted by Gasteiger charge is -2.16. The average Bonchev–Trinajstić information content (AvgIpc) is 2.48. The third-order valence-electron chi connectivity index (χ3n) is 3.39. The molecule has 0 atom stereocenters. The molecule has 2 aromatic rings. The fraction of sp³-hybridized carbons (Fsp3) is 0.412. The van der Waals surface area contributed by atoms with Crippen LogP contribution in [0.4, 0.5) is 0 Å². The van der Waals surface area contributed by atoms with Gasteiger partial charge in [-0.05, 0) is 43.5 Å². The average molecular weight is 286 g/mol. The molecule has 2 rings (SSSR count). The van der Waals surface area contributed by atoms with Crippen LogP contribution in [0.3, 0.4) is 0 Å². The largest absolute Gasteiger partial charge is 0.496 e. The first kappa shape index (κ1) is 15.3. The van der Waals surface area contributed by atoms with Gasteiger partial charge in [-0.2, -0.15) is 0 Å². The first-order valence-electron chi connectivity index (χ1n) is 7.16. The van der Waals surface area contributed by atoms with Gasteiger partial charge in [0.2, 0.25) is 0 Å². The van der Waals surface area contributed by atoms with E-state index in [1.54, 1.807) is 14.2 Å². The van der Waals surface area contributed by atoms with Gasteiger partial charge in [0.1, 0.15) is 17.3 Å². The van der Waals surface area contributed by atoms with E-state index in [-0.39, 0.29) is 0 Å². The van der Waals surface area contributed by atoms with Gasteiger partial charge < -0.3 is 9.47 Å². The molecule has 112 valence electrons. The zero-order valence-corrected chi connectivity index (χ0v) is 13.4. The van der Waals surface area contributed by atoms with Crippen molar-refractivity contribution in [3.63, 3.8) is 0 Å². The zero-order valence-electron chi connectivity index (χ0n) is 13.4. The zero-order chi connectivity index (χ0) is 15.4. The third-order valence-corrected chi connectivity index (χ3v) is 3.39. The summed E-state index contributed by atoms with van der Waals surface area (Å²) in [5.41, 5.74) is 4.01. The van der Waals surface area contributed by atoms with Crippen molar-refractivity contribution < 1.29 is 9.47 Å². The minimum atomic E-state index is 0.745. The highest BCUT2D eigenvalue weighted by Crippen LogP contribution is 2.40. The third kappa shape index (κ3) is 3.15. The highest BCUT2D eigenvalue weighted by Gasteiger charge is 2.18.